The summed E-state index contributed by atoms with van der Waals surface area (Å²) < 4.78 is 5.71. The summed E-state index contributed by atoms with van der Waals surface area (Å²) in [4.78, 5) is 0. The van der Waals surface area contributed by atoms with Gasteiger partial charge in [0.25, 0.3) is 0 Å². The summed E-state index contributed by atoms with van der Waals surface area (Å²) in [5.74, 6) is 0. The van der Waals surface area contributed by atoms with Crippen molar-refractivity contribution in [1.29, 1.82) is 0 Å². The minimum atomic E-state index is -0.0562. The number of aryl methyl sites for hydroxylation is 4. The van der Waals surface area contributed by atoms with Crippen LogP contribution in [0.4, 0.5) is 0 Å². The Hall–Kier alpha value is -0.320. The summed E-state index contributed by atoms with van der Waals surface area (Å²) in [6, 6.07) is 4.75. The Morgan fingerprint density at radius 1 is 1.14 bits per heavy atom. The van der Waals surface area contributed by atoms with Crippen molar-refractivity contribution in [2.45, 2.75) is 34.2 Å². The molecular weight excluding hydrogens is 286 g/mol. The van der Waals surface area contributed by atoms with Crippen LogP contribution in [-0.2, 0) is 6.54 Å². The average Bonchev–Trinajstić information content (AvgIpc) is 2.42. The molecule has 0 spiro atoms. The minimum absolute atomic E-state index is 0.0562. The van der Waals surface area contributed by atoms with Gasteiger partial charge in [0, 0.05) is 0 Å². The zero-order valence-electron chi connectivity index (χ0n) is 9.22. The van der Waals surface area contributed by atoms with Crippen molar-refractivity contribution < 1.29 is 4.57 Å². The quantitative estimate of drug-likeness (QED) is 0.561. The number of rotatable bonds is 1. The number of hydrogen-bond acceptors (Lipinski definition) is 0. The maximum absolute atomic E-state index is 2.48. The van der Waals surface area contributed by atoms with Gasteiger partial charge >= 0.3 is 95.1 Å². The van der Waals surface area contributed by atoms with E-state index in [9.17, 15) is 0 Å². The Morgan fingerprint density at radius 2 is 1.79 bits per heavy atom. The molecule has 0 atom stereocenters. The van der Waals surface area contributed by atoms with Crippen molar-refractivity contribution in [3.63, 3.8) is 0 Å². The van der Waals surface area contributed by atoms with E-state index in [0.717, 1.165) is 6.54 Å². The molecule has 14 heavy (non-hydrogen) atoms. The summed E-state index contributed by atoms with van der Waals surface area (Å²) >= 11 is -0.0562. The molecule has 0 aliphatic heterocycles. The van der Waals surface area contributed by atoms with Crippen molar-refractivity contribution in [3.8, 4) is 0 Å². The van der Waals surface area contributed by atoms with E-state index < -0.39 is 0 Å². The Kier molecular flexibility index (Phi) is 2.68. The molecular formula is C12H16NTe+. The average molecular weight is 302 g/mol. The first kappa shape index (κ1) is 10.2. The van der Waals surface area contributed by atoms with Gasteiger partial charge in [-0.2, -0.15) is 0 Å². The number of aromatic nitrogens is 1. The van der Waals surface area contributed by atoms with Gasteiger partial charge in [0.2, 0.25) is 0 Å². The summed E-state index contributed by atoms with van der Waals surface area (Å²) in [6.07, 6.45) is 0. The van der Waals surface area contributed by atoms with Gasteiger partial charge in [0.15, 0.2) is 0 Å². The fraction of sp³-hybridized carbons (Fsp3) is 0.417. The number of hydrogen-bond donors (Lipinski definition) is 0. The van der Waals surface area contributed by atoms with Gasteiger partial charge in [0.05, 0.1) is 0 Å². The third-order valence-corrected chi connectivity index (χ3v) is 5.85. The van der Waals surface area contributed by atoms with Crippen LogP contribution in [0.5, 0.6) is 0 Å². The summed E-state index contributed by atoms with van der Waals surface area (Å²) in [5.41, 5.74) is 4.35. The third-order valence-electron chi connectivity index (χ3n) is 2.82. The van der Waals surface area contributed by atoms with Crippen molar-refractivity contribution in [2.75, 3.05) is 0 Å². The molecule has 74 valence electrons. The Balaban J connectivity index is 2.82. The summed E-state index contributed by atoms with van der Waals surface area (Å²) in [7, 11) is 0. The maximum atomic E-state index is 2.48. The molecule has 0 aliphatic carbocycles. The van der Waals surface area contributed by atoms with Crippen LogP contribution in [0.3, 0.4) is 0 Å². The predicted octanol–water partition coefficient (Wildman–Crippen LogP) is 2.13. The zero-order chi connectivity index (χ0) is 10.3. The van der Waals surface area contributed by atoms with Gasteiger partial charge in [-0.05, 0) is 0 Å². The molecule has 1 aromatic heterocycles. The number of fused-ring (bicyclic) bond motifs is 1. The molecule has 1 nitrogen and oxygen atoms in total. The van der Waals surface area contributed by atoms with Crippen LogP contribution in [0.15, 0.2) is 12.1 Å². The molecule has 0 aliphatic rings. The Labute approximate surface area is 95.0 Å². The fourth-order valence-corrected chi connectivity index (χ4v) is 5.17. The molecule has 0 saturated heterocycles. The van der Waals surface area contributed by atoms with E-state index in [-0.39, 0.29) is 20.4 Å². The number of nitrogens with zero attached hydrogens (tertiary/aromatic N) is 1. The van der Waals surface area contributed by atoms with Gasteiger partial charge in [-0.15, -0.1) is 0 Å². The molecule has 0 amide bonds. The van der Waals surface area contributed by atoms with Crippen molar-refractivity contribution in [1.82, 2.24) is 0 Å². The van der Waals surface area contributed by atoms with Crippen LogP contribution >= 0.6 is 0 Å². The van der Waals surface area contributed by atoms with Gasteiger partial charge < -0.3 is 0 Å². The van der Waals surface area contributed by atoms with E-state index in [2.05, 4.69) is 44.4 Å². The van der Waals surface area contributed by atoms with E-state index in [1.165, 1.54) is 16.6 Å². The first-order valence-electron chi connectivity index (χ1n) is 5.03. The third kappa shape index (κ3) is 1.51. The van der Waals surface area contributed by atoms with E-state index in [0.29, 0.717) is 0 Å². The molecule has 1 aromatic carbocycles. The van der Waals surface area contributed by atoms with Crippen LogP contribution in [0.1, 0.15) is 21.8 Å². The molecule has 0 N–H and O–H groups in total. The van der Waals surface area contributed by atoms with E-state index in [4.69, 9.17) is 0 Å². The van der Waals surface area contributed by atoms with Crippen molar-refractivity contribution >= 4 is 29.3 Å². The second kappa shape index (κ2) is 3.68. The molecule has 2 aromatic rings. The van der Waals surface area contributed by atoms with Gasteiger partial charge in [-0.25, -0.2) is 0 Å². The SMILES string of the molecule is CC[n+]1c(C)[te]c2cc(C)c(C)cc21. The van der Waals surface area contributed by atoms with E-state index >= 15 is 0 Å². The molecule has 2 heteroatoms. The van der Waals surface area contributed by atoms with Crippen molar-refractivity contribution in [2.24, 2.45) is 0 Å². The van der Waals surface area contributed by atoms with Crippen LogP contribution in [0, 0.1) is 20.8 Å². The predicted molar refractivity (Wildman–Crippen MR) is 61.0 cm³/mol. The molecule has 0 fully saturated rings. The molecule has 0 bridgehead atoms. The van der Waals surface area contributed by atoms with E-state index in [1.807, 2.05) is 0 Å². The van der Waals surface area contributed by atoms with Gasteiger partial charge in [-0.1, -0.05) is 0 Å². The molecule has 1 heterocycles. The Bertz CT molecular complexity index is 483. The second-order valence-electron chi connectivity index (χ2n) is 3.77. The Morgan fingerprint density at radius 3 is 2.43 bits per heavy atom. The van der Waals surface area contributed by atoms with Gasteiger partial charge in [0.1, 0.15) is 0 Å². The molecule has 2 rings (SSSR count). The normalized spacial score (nSPS) is 11.1. The summed E-state index contributed by atoms with van der Waals surface area (Å²) in [6.45, 7) is 10.1. The molecule has 0 unspecified atom stereocenters. The fourth-order valence-electron chi connectivity index (χ4n) is 1.84. The first-order chi connectivity index (χ1) is 6.63. The monoisotopic (exact) mass is 304 g/mol. The zero-order valence-corrected chi connectivity index (χ0v) is 11.5. The van der Waals surface area contributed by atoms with Crippen LogP contribution in [0.25, 0.3) is 8.92 Å². The van der Waals surface area contributed by atoms with E-state index in [1.54, 1.807) is 7.11 Å². The van der Waals surface area contributed by atoms with Crippen LogP contribution in [0.2, 0.25) is 0 Å². The molecule has 0 saturated carbocycles. The molecule has 0 radical (unpaired) electrons. The van der Waals surface area contributed by atoms with Crippen molar-refractivity contribution in [3.05, 3.63) is 27.0 Å². The standard InChI is InChI=1S/C12H16NTe/c1-5-13-10(4)14-12-7-9(3)8(2)6-11(12)13/h6-7H,5H2,1-4H3/q+1. The first-order valence-corrected chi connectivity index (χ1v) is 7.36. The summed E-state index contributed by atoms with van der Waals surface area (Å²) in [5, 5.41) is 0. The topological polar surface area (TPSA) is 3.88 Å². The van der Waals surface area contributed by atoms with Gasteiger partial charge in [-0.3, -0.25) is 0 Å². The second-order valence-corrected chi connectivity index (χ2v) is 7.29. The number of benzene rings is 1. The van der Waals surface area contributed by atoms with Crippen LogP contribution in [-0.4, -0.2) is 20.4 Å². The van der Waals surface area contributed by atoms with Crippen LogP contribution < -0.4 is 4.57 Å².